The van der Waals surface area contributed by atoms with Gasteiger partial charge in [-0.1, -0.05) is 6.92 Å². The molecule has 98 valence electrons. The van der Waals surface area contributed by atoms with Crippen molar-refractivity contribution in [3.8, 4) is 0 Å². The lowest BCUT2D eigenvalue weighted by Gasteiger charge is -2.09. The molecule has 19 heavy (non-hydrogen) atoms. The third-order valence-corrected chi connectivity index (χ3v) is 2.95. The quantitative estimate of drug-likeness (QED) is 0.737. The Morgan fingerprint density at radius 3 is 2.42 bits per heavy atom. The van der Waals surface area contributed by atoms with Crippen molar-refractivity contribution < 1.29 is 4.79 Å². The molecule has 2 rings (SSSR count). The summed E-state index contributed by atoms with van der Waals surface area (Å²) in [6.07, 6.45) is 0.831. The zero-order valence-electron chi connectivity index (χ0n) is 10.8. The van der Waals surface area contributed by atoms with Gasteiger partial charge in [0.05, 0.1) is 0 Å². The minimum Gasteiger partial charge on any atom is -0.399 e. The molecule has 0 aliphatic heterocycles. The van der Waals surface area contributed by atoms with Crippen LogP contribution in [0.4, 0.5) is 17.1 Å². The molecule has 2 aromatic rings. The molecule has 0 atom stereocenters. The molecule has 0 saturated carbocycles. The third kappa shape index (κ3) is 3.04. The van der Waals surface area contributed by atoms with Gasteiger partial charge in [-0.3, -0.25) is 4.79 Å². The molecule has 0 radical (unpaired) electrons. The fourth-order valence-corrected chi connectivity index (χ4v) is 1.83. The van der Waals surface area contributed by atoms with Crippen LogP contribution in [0.3, 0.4) is 0 Å². The first-order chi connectivity index (χ1) is 9.10. The molecule has 0 heterocycles. The Balaban J connectivity index is 2.17. The molecule has 0 bridgehead atoms. The summed E-state index contributed by atoms with van der Waals surface area (Å²) in [7, 11) is 0. The summed E-state index contributed by atoms with van der Waals surface area (Å²) in [5, 5.41) is 2.84. The molecule has 0 fully saturated rings. The highest BCUT2D eigenvalue weighted by molar-refractivity contribution is 6.04. The third-order valence-electron chi connectivity index (χ3n) is 2.95. The summed E-state index contributed by atoms with van der Waals surface area (Å²) in [4.78, 5) is 12.0. The highest BCUT2D eigenvalue weighted by Crippen LogP contribution is 2.19. The molecule has 5 N–H and O–H groups in total. The lowest BCUT2D eigenvalue weighted by atomic mass is 10.1. The van der Waals surface area contributed by atoms with Crippen LogP contribution in [0.5, 0.6) is 0 Å². The standard InChI is InChI=1S/C15H17N3O/c1-2-10-9-13(7-8-14(10)17)18-15(19)11-3-5-12(16)6-4-11/h3-9H,2,16-17H2,1H3,(H,18,19). The van der Waals surface area contributed by atoms with Crippen LogP contribution >= 0.6 is 0 Å². The van der Waals surface area contributed by atoms with E-state index in [4.69, 9.17) is 11.5 Å². The molecule has 0 unspecified atom stereocenters. The molecule has 4 nitrogen and oxygen atoms in total. The van der Waals surface area contributed by atoms with E-state index >= 15 is 0 Å². The predicted molar refractivity (Wildman–Crippen MR) is 79.0 cm³/mol. The average molecular weight is 255 g/mol. The van der Waals surface area contributed by atoms with Crippen molar-refractivity contribution in [2.45, 2.75) is 13.3 Å². The van der Waals surface area contributed by atoms with Crippen LogP contribution in [0.15, 0.2) is 42.5 Å². The van der Waals surface area contributed by atoms with Crippen LogP contribution in [0.2, 0.25) is 0 Å². The first kappa shape index (κ1) is 13.0. The number of anilines is 3. The van der Waals surface area contributed by atoms with Gasteiger partial charge in [0.2, 0.25) is 0 Å². The number of aryl methyl sites for hydroxylation is 1. The van der Waals surface area contributed by atoms with Gasteiger partial charge in [0.1, 0.15) is 0 Å². The van der Waals surface area contributed by atoms with Crippen molar-refractivity contribution in [1.82, 2.24) is 0 Å². The molecule has 0 aliphatic rings. The summed E-state index contributed by atoms with van der Waals surface area (Å²) < 4.78 is 0. The number of benzene rings is 2. The van der Waals surface area contributed by atoms with Crippen molar-refractivity contribution in [3.05, 3.63) is 53.6 Å². The number of carbonyl (C=O) groups excluding carboxylic acids is 1. The Morgan fingerprint density at radius 1 is 1.11 bits per heavy atom. The average Bonchev–Trinajstić information content (AvgIpc) is 2.41. The SMILES string of the molecule is CCc1cc(NC(=O)c2ccc(N)cc2)ccc1N. The first-order valence-corrected chi connectivity index (χ1v) is 6.15. The fourth-order valence-electron chi connectivity index (χ4n) is 1.83. The second kappa shape index (κ2) is 5.44. The summed E-state index contributed by atoms with van der Waals surface area (Å²) in [6.45, 7) is 2.03. The van der Waals surface area contributed by atoms with Crippen molar-refractivity contribution in [3.63, 3.8) is 0 Å². The normalized spacial score (nSPS) is 10.2. The van der Waals surface area contributed by atoms with Crippen molar-refractivity contribution in [1.29, 1.82) is 0 Å². The van der Waals surface area contributed by atoms with Gasteiger partial charge >= 0.3 is 0 Å². The van der Waals surface area contributed by atoms with E-state index in [1.807, 2.05) is 13.0 Å². The second-order valence-electron chi connectivity index (χ2n) is 4.34. The lowest BCUT2D eigenvalue weighted by Crippen LogP contribution is -2.12. The van der Waals surface area contributed by atoms with Gasteiger partial charge < -0.3 is 16.8 Å². The van der Waals surface area contributed by atoms with E-state index in [0.717, 1.165) is 23.4 Å². The number of hydrogen-bond acceptors (Lipinski definition) is 3. The monoisotopic (exact) mass is 255 g/mol. The molecular formula is C15H17N3O. The maximum absolute atomic E-state index is 12.0. The van der Waals surface area contributed by atoms with E-state index in [1.165, 1.54) is 0 Å². The van der Waals surface area contributed by atoms with E-state index in [1.54, 1.807) is 36.4 Å². The molecule has 4 heteroatoms. The molecule has 2 aromatic carbocycles. The largest absolute Gasteiger partial charge is 0.399 e. The Labute approximate surface area is 112 Å². The number of hydrogen-bond donors (Lipinski definition) is 3. The predicted octanol–water partition coefficient (Wildman–Crippen LogP) is 2.67. The highest BCUT2D eigenvalue weighted by Gasteiger charge is 2.06. The summed E-state index contributed by atoms with van der Waals surface area (Å²) in [5.41, 5.74) is 15.1. The minimum absolute atomic E-state index is 0.160. The first-order valence-electron chi connectivity index (χ1n) is 6.15. The Hall–Kier alpha value is -2.49. The molecule has 0 aromatic heterocycles. The van der Waals surface area contributed by atoms with Crippen LogP contribution in [0, 0.1) is 0 Å². The number of nitrogens with one attached hydrogen (secondary N) is 1. The van der Waals surface area contributed by atoms with Gasteiger partial charge in [-0.25, -0.2) is 0 Å². The van der Waals surface area contributed by atoms with Crippen molar-refractivity contribution in [2.75, 3.05) is 16.8 Å². The van der Waals surface area contributed by atoms with Crippen molar-refractivity contribution in [2.24, 2.45) is 0 Å². The van der Waals surface area contributed by atoms with Gasteiger partial charge in [-0.05, 0) is 54.4 Å². The maximum atomic E-state index is 12.0. The van der Waals surface area contributed by atoms with Crippen LogP contribution < -0.4 is 16.8 Å². The van der Waals surface area contributed by atoms with Gasteiger partial charge in [0.25, 0.3) is 5.91 Å². The fraction of sp³-hybridized carbons (Fsp3) is 0.133. The number of carbonyl (C=O) groups is 1. The van der Waals surface area contributed by atoms with Crippen molar-refractivity contribution >= 4 is 23.0 Å². The Kier molecular flexibility index (Phi) is 3.71. The van der Waals surface area contributed by atoms with E-state index in [9.17, 15) is 4.79 Å². The molecule has 1 amide bonds. The highest BCUT2D eigenvalue weighted by atomic mass is 16.1. The van der Waals surface area contributed by atoms with Gasteiger partial charge in [0, 0.05) is 22.6 Å². The van der Waals surface area contributed by atoms with E-state index in [0.29, 0.717) is 11.3 Å². The topological polar surface area (TPSA) is 81.1 Å². The summed E-state index contributed by atoms with van der Waals surface area (Å²) >= 11 is 0. The lowest BCUT2D eigenvalue weighted by molar-refractivity contribution is 0.102. The van der Waals surface area contributed by atoms with Crippen LogP contribution in [0.1, 0.15) is 22.8 Å². The Bertz CT molecular complexity index is 591. The molecular weight excluding hydrogens is 238 g/mol. The van der Waals surface area contributed by atoms with Crippen LogP contribution in [0.25, 0.3) is 0 Å². The Morgan fingerprint density at radius 2 is 1.79 bits per heavy atom. The smallest absolute Gasteiger partial charge is 0.255 e. The molecule has 0 aliphatic carbocycles. The number of nitrogen functional groups attached to an aromatic ring is 2. The minimum atomic E-state index is -0.160. The van der Waals surface area contributed by atoms with Gasteiger partial charge in [-0.15, -0.1) is 0 Å². The maximum Gasteiger partial charge on any atom is 0.255 e. The molecule has 0 spiro atoms. The molecule has 0 saturated heterocycles. The van der Waals surface area contributed by atoms with Gasteiger partial charge in [-0.2, -0.15) is 0 Å². The van der Waals surface area contributed by atoms with Gasteiger partial charge in [0.15, 0.2) is 0 Å². The van der Waals surface area contributed by atoms with E-state index in [-0.39, 0.29) is 5.91 Å². The number of amides is 1. The zero-order valence-corrected chi connectivity index (χ0v) is 10.8. The second-order valence-corrected chi connectivity index (χ2v) is 4.34. The van der Waals surface area contributed by atoms with E-state index < -0.39 is 0 Å². The van der Waals surface area contributed by atoms with Crippen LogP contribution in [-0.2, 0) is 6.42 Å². The summed E-state index contributed by atoms with van der Waals surface area (Å²) in [5.74, 6) is -0.160. The number of rotatable bonds is 3. The number of nitrogens with two attached hydrogens (primary N) is 2. The van der Waals surface area contributed by atoms with E-state index in [2.05, 4.69) is 5.32 Å². The van der Waals surface area contributed by atoms with Crippen LogP contribution in [-0.4, -0.2) is 5.91 Å². The summed E-state index contributed by atoms with van der Waals surface area (Å²) in [6, 6.07) is 12.3. The zero-order chi connectivity index (χ0) is 13.8.